The number of hydrogen-bond acceptors (Lipinski definition) is 3. The van der Waals surface area contributed by atoms with Crippen LogP contribution in [0.4, 0.5) is 5.69 Å². The lowest BCUT2D eigenvalue weighted by molar-refractivity contribution is -0.125. The van der Waals surface area contributed by atoms with Gasteiger partial charge < -0.3 is 11.1 Å². The summed E-state index contributed by atoms with van der Waals surface area (Å²) in [7, 11) is 0. The summed E-state index contributed by atoms with van der Waals surface area (Å²) in [4.78, 5) is 25.4. The molecule has 114 valence electrons. The number of benzene rings is 1. The number of hydrogen-bond donors (Lipinski definition) is 2. The number of carbonyl (C=O) groups excluding carboxylic acids is 2. The van der Waals surface area contributed by atoms with Crippen molar-refractivity contribution in [3.8, 4) is 0 Å². The SMILES string of the molecule is CCc1ccccc1NC(=O)CN1CCC[C@@H](C(N)=O)C1. The minimum Gasteiger partial charge on any atom is -0.369 e. The van der Waals surface area contributed by atoms with Gasteiger partial charge in [-0.15, -0.1) is 0 Å². The predicted molar refractivity (Wildman–Crippen MR) is 82.8 cm³/mol. The Morgan fingerprint density at radius 2 is 2.14 bits per heavy atom. The first-order chi connectivity index (χ1) is 10.1. The lowest BCUT2D eigenvalue weighted by Gasteiger charge is -2.30. The molecule has 0 aliphatic carbocycles. The highest BCUT2D eigenvalue weighted by molar-refractivity contribution is 5.93. The summed E-state index contributed by atoms with van der Waals surface area (Å²) in [6.07, 6.45) is 2.61. The number of piperidine rings is 1. The maximum Gasteiger partial charge on any atom is 0.238 e. The van der Waals surface area contributed by atoms with Gasteiger partial charge in [-0.2, -0.15) is 0 Å². The third-order valence-corrected chi connectivity index (χ3v) is 3.95. The predicted octanol–water partition coefficient (Wildman–Crippen LogP) is 1.38. The van der Waals surface area contributed by atoms with Crippen molar-refractivity contribution in [1.82, 2.24) is 4.90 Å². The molecule has 1 aromatic rings. The van der Waals surface area contributed by atoms with Gasteiger partial charge in [-0.3, -0.25) is 14.5 Å². The molecule has 0 aromatic heterocycles. The summed E-state index contributed by atoms with van der Waals surface area (Å²) in [5.41, 5.74) is 7.35. The van der Waals surface area contributed by atoms with Crippen LogP contribution in [0.15, 0.2) is 24.3 Å². The van der Waals surface area contributed by atoms with Crippen LogP contribution in [0, 0.1) is 5.92 Å². The van der Waals surface area contributed by atoms with E-state index in [1.807, 2.05) is 29.2 Å². The van der Waals surface area contributed by atoms with Crippen molar-refractivity contribution in [2.45, 2.75) is 26.2 Å². The highest BCUT2D eigenvalue weighted by Crippen LogP contribution is 2.17. The van der Waals surface area contributed by atoms with Crippen molar-refractivity contribution in [3.05, 3.63) is 29.8 Å². The molecule has 2 rings (SSSR count). The molecule has 3 N–H and O–H groups in total. The quantitative estimate of drug-likeness (QED) is 0.860. The normalized spacial score (nSPS) is 19.2. The van der Waals surface area contributed by atoms with Crippen molar-refractivity contribution in [2.75, 3.05) is 25.0 Å². The second kappa shape index (κ2) is 7.22. The van der Waals surface area contributed by atoms with Gasteiger partial charge in [0.1, 0.15) is 0 Å². The minimum atomic E-state index is -0.267. The van der Waals surface area contributed by atoms with E-state index >= 15 is 0 Å². The average Bonchev–Trinajstić information content (AvgIpc) is 2.48. The van der Waals surface area contributed by atoms with Gasteiger partial charge in [-0.25, -0.2) is 0 Å². The van der Waals surface area contributed by atoms with Crippen LogP contribution in [-0.2, 0) is 16.0 Å². The van der Waals surface area contributed by atoms with Crippen LogP contribution in [0.2, 0.25) is 0 Å². The van der Waals surface area contributed by atoms with Crippen molar-refractivity contribution < 1.29 is 9.59 Å². The molecular weight excluding hydrogens is 266 g/mol. The smallest absolute Gasteiger partial charge is 0.238 e. The summed E-state index contributed by atoms with van der Waals surface area (Å²) in [5, 5.41) is 2.96. The summed E-state index contributed by atoms with van der Waals surface area (Å²) in [6, 6.07) is 7.81. The Balaban J connectivity index is 1.91. The molecule has 1 aliphatic rings. The van der Waals surface area contributed by atoms with E-state index in [0.717, 1.165) is 37.1 Å². The highest BCUT2D eigenvalue weighted by Gasteiger charge is 2.25. The first kappa shape index (κ1) is 15.5. The maximum absolute atomic E-state index is 12.2. The van der Waals surface area contributed by atoms with Gasteiger partial charge in [0.15, 0.2) is 0 Å². The molecule has 1 saturated heterocycles. The van der Waals surface area contributed by atoms with E-state index < -0.39 is 0 Å². The molecule has 5 nitrogen and oxygen atoms in total. The largest absolute Gasteiger partial charge is 0.369 e. The topological polar surface area (TPSA) is 75.4 Å². The molecule has 0 spiro atoms. The first-order valence-electron chi connectivity index (χ1n) is 7.49. The van der Waals surface area contributed by atoms with Gasteiger partial charge >= 0.3 is 0 Å². The third-order valence-electron chi connectivity index (χ3n) is 3.95. The van der Waals surface area contributed by atoms with Crippen LogP contribution >= 0.6 is 0 Å². The third kappa shape index (κ3) is 4.29. The number of para-hydroxylation sites is 1. The van der Waals surface area contributed by atoms with E-state index in [2.05, 4.69) is 12.2 Å². The maximum atomic E-state index is 12.2. The molecule has 0 bridgehead atoms. The van der Waals surface area contributed by atoms with Crippen molar-refractivity contribution in [1.29, 1.82) is 0 Å². The molecule has 5 heteroatoms. The molecule has 21 heavy (non-hydrogen) atoms. The van der Waals surface area contributed by atoms with E-state index in [0.29, 0.717) is 13.1 Å². The molecule has 1 heterocycles. The number of nitrogens with two attached hydrogens (primary N) is 1. The van der Waals surface area contributed by atoms with Crippen LogP contribution in [0.3, 0.4) is 0 Å². The lowest BCUT2D eigenvalue weighted by atomic mass is 9.97. The van der Waals surface area contributed by atoms with Crippen LogP contribution in [0.25, 0.3) is 0 Å². The summed E-state index contributed by atoms with van der Waals surface area (Å²) < 4.78 is 0. The highest BCUT2D eigenvalue weighted by atomic mass is 16.2. The number of nitrogens with zero attached hydrogens (tertiary/aromatic N) is 1. The second-order valence-electron chi connectivity index (χ2n) is 5.54. The fourth-order valence-electron chi connectivity index (χ4n) is 2.77. The van der Waals surface area contributed by atoms with Gasteiger partial charge in [-0.05, 0) is 37.4 Å². The molecule has 1 aromatic carbocycles. The Hall–Kier alpha value is -1.88. The van der Waals surface area contributed by atoms with Gasteiger partial charge in [0.2, 0.25) is 11.8 Å². The fraction of sp³-hybridized carbons (Fsp3) is 0.500. The minimum absolute atomic E-state index is 0.0407. The summed E-state index contributed by atoms with van der Waals surface area (Å²) >= 11 is 0. The number of likely N-dealkylation sites (tertiary alicyclic amines) is 1. The molecule has 0 saturated carbocycles. The van der Waals surface area contributed by atoms with Crippen LogP contribution in [0.5, 0.6) is 0 Å². The Morgan fingerprint density at radius 3 is 2.86 bits per heavy atom. The first-order valence-corrected chi connectivity index (χ1v) is 7.49. The molecule has 0 unspecified atom stereocenters. The Morgan fingerprint density at radius 1 is 1.38 bits per heavy atom. The number of anilines is 1. The number of aryl methyl sites for hydroxylation is 1. The molecule has 1 fully saturated rings. The zero-order valence-corrected chi connectivity index (χ0v) is 12.5. The molecule has 1 atom stereocenters. The van der Waals surface area contributed by atoms with E-state index in [1.165, 1.54) is 0 Å². The van der Waals surface area contributed by atoms with Crippen molar-refractivity contribution in [3.63, 3.8) is 0 Å². The summed E-state index contributed by atoms with van der Waals surface area (Å²) in [5.74, 6) is -0.438. The van der Waals surface area contributed by atoms with Gasteiger partial charge in [0.05, 0.1) is 12.5 Å². The Labute approximate surface area is 125 Å². The van der Waals surface area contributed by atoms with Crippen molar-refractivity contribution in [2.24, 2.45) is 11.7 Å². The molecular formula is C16H23N3O2. The van der Waals surface area contributed by atoms with E-state index in [4.69, 9.17) is 5.73 Å². The summed E-state index contributed by atoms with van der Waals surface area (Å²) in [6.45, 7) is 3.79. The zero-order valence-electron chi connectivity index (χ0n) is 12.5. The Kier molecular flexibility index (Phi) is 5.33. The lowest BCUT2D eigenvalue weighted by Crippen LogP contribution is -2.44. The van der Waals surface area contributed by atoms with E-state index in [9.17, 15) is 9.59 Å². The molecule has 1 aliphatic heterocycles. The van der Waals surface area contributed by atoms with Crippen LogP contribution in [0.1, 0.15) is 25.3 Å². The number of carbonyl (C=O) groups is 2. The van der Waals surface area contributed by atoms with Crippen molar-refractivity contribution >= 4 is 17.5 Å². The van der Waals surface area contributed by atoms with Gasteiger partial charge in [0.25, 0.3) is 0 Å². The number of primary amides is 1. The average molecular weight is 289 g/mol. The zero-order chi connectivity index (χ0) is 15.2. The second-order valence-corrected chi connectivity index (χ2v) is 5.54. The fourth-order valence-corrected chi connectivity index (χ4v) is 2.77. The Bertz CT molecular complexity index is 516. The van der Waals surface area contributed by atoms with Crippen LogP contribution in [-0.4, -0.2) is 36.3 Å². The van der Waals surface area contributed by atoms with Gasteiger partial charge in [0, 0.05) is 12.2 Å². The van der Waals surface area contributed by atoms with Gasteiger partial charge in [-0.1, -0.05) is 25.1 Å². The molecule has 2 amide bonds. The van der Waals surface area contributed by atoms with E-state index in [-0.39, 0.29) is 17.7 Å². The number of rotatable bonds is 5. The monoisotopic (exact) mass is 289 g/mol. The number of nitrogens with one attached hydrogen (secondary N) is 1. The molecule has 0 radical (unpaired) electrons. The standard InChI is InChI=1S/C16H23N3O2/c1-2-12-6-3-4-8-14(12)18-15(20)11-19-9-5-7-13(10-19)16(17)21/h3-4,6,8,13H,2,5,7,9-11H2,1H3,(H2,17,21)(H,18,20)/t13-/m1/s1. The number of amides is 2. The van der Waals surface area contributed by atoms with Crippen LogP contribution < -0.4 is 11.1 Å². The van der Waals surface area contributed by atoms with E-state index in [1.54, 1.807) is 0 Å².